The lowest BCUT2D eigenvalue weighted by atomic mass is 10.3. The Hall–Kier alpha value is -1.15. The van der Waals surface area contributed by atoms with Crippen molar-refractivity contribution in [2.45, 2.75) is 18.8 Å². The lowest BCUT2D eigenvalue weighted by Crippen LogP contribution is -2.22. The normalized spacial score (nSPS) is 16.0. The van der Waals surface area contributed by atoms with Crippen LogP contribution in [0.1, 0.15) is 24.5 Å². The number of aromatic nitrogens is 1. The van der Waals surface area contributed by atoms with Crippen molar-refractivity contribution in [1.82, 2.24) is 4.98 Å². The molecular weight excluding hydrogens is 252 g/mol. The minimum absolute atomic E-state index is 0.239. The average molecular weight is 262 g/mol. The highest BCUT2D eigenvalue weighted by atomic mass is 32.2. The monoisotopic (exact) mass is 262 g/mol. The summed E-state index contributed by atoms with van der Waals surface area (Å²) < 4.78 is 24.7. The smallest absolute Gasteiger partial charge is 0.320 e. The van der Waals surface area contributed by atoms with Crippen LogP contribution in [0.2, 0.25) is 0 Å². The largest absolute Gasteiger partial charge is 0.480 e. The number of hydrogen-bond acceptors (Lipinski definition) is 5. The van der Waals surface area contributed by atoms with Gasteiger partial charge in [-0.3, -0.25) is 9.52 Å². The summed E-state index contributed by atoms with van der Waals surface area (Å²) in [4.78, 5) is 14.4. The number of carbonyl (C=O) groups is 1. The van der Waals surface area contributed by atoms with Crippen LogP contribution in [0, 0.1) is 0 Å². The second-order valence-corrected chi connectivity index (χ2v) is 6.19. The molecule has 0 saturated heterocycles. The van der Waals surface area contributed by atoms with Gasteiger partial charge < -0.3 is 5.11 Å². The molecule has 0 unspecified atom stereocenters. The zero-order chi connectivity index (χ0) is 11.8. The van der Waals surface area contributed by atoms with Gasteiger partial charge in [0.1, 0.15) is 0 Å². The van der Waals surface area contributed by atoms with Gasteiger partial charge in [-0.2, -0.15) is 0 Å². The van der Waals surface area contributed by atoms with Crippen molar-refractivity contribution in [3.05, 3.63) is 11.1 Å². The average Bonchev–Trinajstić information content (AvgIpc) is 2.86. The molecule has 0 amide bonds. The van der Waals surface area contributed by atoms with E-state index in [0.29, 0.717) is 5.92 Å². The topological polar surface area (TPSA) is 96.4 Å². The van der Waals surface area contributed by atoms with E-state index in [9.17, 15) is 13.2 Å². The molecule has 1 aromatic heterocycles. The number of carboxylic acid groups (broad SMARTS) is 1. The summed E-state index contributed by atoms with van der Waals surface area (Å²) in [7, 11) is -3.83. The predicted molar refractivity (Wildman–Crippen MR) is 59.1 cm³/mol. The third-order valence-corrected chi connectivity index (χ3v) is 4.11. The number of carboxylic acids is 1. The van der Waals surface area contributed by atoms with Crippen molar-refractivity contribution < 1.29 is 18.3 Å². The molecule has 2 rings (SSSR count). The van der Waals surface area contributed by atoms with Gasteiger partial charge in [-0.25, -0.2) is 13.4 Å². The second kappa shape index (κ2) is 4.02. The molecule has 1 aliphatic carbocycles. The molecule has 0 radical (unpaired) electrons. The first-order chi connectivity index (χ1) is 7.46. The number of nitrogens with zero attached hydrogens (tertiary/aromatic N) is 1. The molecule has 0 atom stereocenters. The van der Waals surface area contributed by atoms with Crippen molar-refractivity contribution in [2.75, 3.05) is 10.5 Å². The fourth-order valence-electron chi connectivity index (χ4n) is 1.23. The number of aliphatic carboxylic acids is 1. The van der Waals surface area contributed by atoms with Gasteiger partial charge in [0.05, 0.1) is 5.69 Å². The molecule has 6 nitrogen and oxygen atoms in total. The molecule has 1 heterocycles. The Bertz CT molecular complexity index is 504. The second-order valence-electron chi connectivity index (χ2n) is 3.61. The van der Waals surface area contributed by atoms with Crippen molar-refractivity contribution in [3.8, 4) is 0 Å². The van der Waals surface area contributed by atoms with Crippen LogP contribution in [0.15, 0.2) is 5.38 Å². The van der Waals surface area contributed by atoms with E-state index in [0.717, 1.165) is 18.5 Å². The van der Waals surface area contributed by atoms with Crippen LogP contribution in [0.25, 0.3) is 0 Å². The molecule has 2 N–H and O–H groups in total. The lowest BCUT2D eigenvalue weighted by Gasteiger charge is -2.00. The highest BCUT2D eigenvalue weighted by Crippen LogP contribution is 2.40. The van der Waals surface area contributed by atoms with Gasteiger partial charge in [0.15, 0.2) is 10.9 Å². The molecule has 0 aromatic carbocycles. The van der Waals surface area contributed by atoms with Crippen molar-refractivity contribution in [1.29, 1.82) is 0 Å². The molecule has 1 aliphatic rings. The van der Waals surface area contributed by atoms with Gasteiger partial charge in [0.2, 0.25) is 10.0 Å². The van der Waals surface area contributed by atoms with E-state index in [1.807, 2.05) is 0 Å². The highest BCUT2D eigenvalue weighted by molar-refractivity contribution is 7.93. The van der Waals surface area contributed by atoms with Crippen LogP contribution < -0.4 is 4.72 Å². The maximum atomic E-state index is 11.3. The van der Waals surface area contributed by atoms with Crippen LogP contribution >= 0.6 is 11.3 Å². The van der Waals surface area contributed by atoms with Crippen LogP contribution in [-0.4, -0.2) is 30.2 Å². The summed E-state index contributed by atoms with van der Waals surface area (Å²) in [5.41, 5.74) is 0.887. The zero-order valence-electron chi connectivity index (χ0n) is 8.21. The first-order valence-electron chi connectivity index (χ1n) is 4.64. The lowest BCUT2D eigenvalue weighted by molar-refractivity contribution is -0.134. The standard InChI is InChI=1S/C8H10N2O4S2/c11-7(12)4-16(13,14)10-8-9-6(3-15-8)5-1-2-5/h3,5H,1-2,4H2,(H,9,10)(H,11,12). The molecule has 0 bridgehead atoms. The summed E-state index contributed by atoms with van der Waals surface area (Å²) >= 11 is 1.18. The highest BCUT2D eigenvalue weighted by Gasteiger charge is 2.26. The van der Waals surface area contributed by atoms with Crippen LogP contribution in [0.5, 0.6) is 0 Å². The van der Waals surface area contributed by atoms with Crippen LogP contribution in [-0.2, 0) is 14.8 Å². The van der Waals surface area contributed by atoms with Crippen molar-refractivity contribution in [3.63, 3.8) is 0 Å². The third kappa shape index (κ3) is 2.92. The summed E-state index contributed by atoms with van der Waals surface area (Å²) in [5.74, 6) is -1.87. The van der Waals surface area contributed by atoms with Crippen LogP contribution in [0.3, 0.4) is 0 Å². The Morgan fingerprint density at radius 1 is 1.62 bits per heavy atom. The third-order valence-electron chi connectivity index (χ3n) is 2.07. The number of thiazole rings is 1. The van der Waals surface area contributed by atoms with E-state index in [-0.39, 0.29) is 5.13 Å². The molecule has 0 spiro atoms. The predicted octanol–water partition coefficient (Wildman–Crippen LogP) is 0.847. The molecule has 1 saturated carbocycles. The minimum atomic E-state index is -3.83. The Balaban J connectivity index is 2.04. The Labute approximate surface area is 96.4 Å². The SMILES string of the molecule is O=C(O)CS(=O)(=O)Nc1nc(C2CC2)cs1. The number of sulfonamides is 1. The number of rotatable bonds is 5. The Morgan fingerprint density at radius 2 is 2.31 bits per heavy atom. The quantitative estimate of drug-likeness (QED) is 0.820. The number of nitrogens with one attached hydrogen (secondary N) is 1. The van der Waals surface area contributed by atoms with Gasteiger partial charge >= 0.3 is 5.97 Å². The number of hydrogen-bond donors (Lipinski definition) is 2. The van der Waals surface area contributed by atoms with Gasteiger partial charge in [-0.05, 0) is 12.8 Å². The molecule has 1 fully saturated rings. The molecule has 0 aliphatic heterocycles. The molecule has 8 heteroatoms. The molecule has 88 valence electrons. The summed E-state index contributed by atoms with van der Waals surface area (Å²) in [6.45, 7) is 0. The van der Waals surface area contributed by atoms with E-state index in [1.165, 1.54) is 11.3 Å². The summed E-state index contributed by atoms with van der Waals surface area (Å²) in [5, 5.41) is 10.4. The van der Waals surface area contributed by atoms with E-state index in [4.69, 9.17) is 5.11 Å². The van der Waals surface area contributed by atoms with E-state index in [2.05, 4.69) is 9.71 Å². The first-order valence-corrected chi connectivity index (χ1v) is 7.17. The van der Waals surface area contributed by atoms with Gasteiger partial charge in [0, 0.05) is 11.3 Å². The summed E-state index contributed by atoms with van der Waals surface area (Å²) in [6.07, 6.45) is 2.18. The zero-order valence-corrected chi connectivity index (χ0v) is 9.84. The maximum Gasteiger partial charge on any atom is 0.320 e. The van der Waals surface area contributed by atoms with Gasteiger partial charge in [0.25, 0.3) is 0 Å². The van der Waals surface area contributed by atoms with Crippen LogP contribution in [0.4, 0.5) is 5.13 Å². The number of anilines is 1. The van der Waals surface area contributed by atoms with Crippen molar-refractivity contribution >= 4 is 32.5 Å². The van der Waals surface area contributed by atoms with E-state index in [1.54, 1.807) is 5.38 Å². The first kappa shape index (κ1) is 11.3. The molecule has 1 aromatic rings. The van der Waals surface area contributed by atoms with E-state index < -0.39 is 21.7 Å². The molecule has 16 heavy (non-hydrogen) atoms. The Kier molecular flexibility index (Phi) is 2.85. The fraction of sp³-hybridized carbons (Fsp3) is 0.500. The maximum absolute atomic E-state index is 11.3. The van der Waals surface area contributed by atoms with Gasteiger partial charge in [-0.1, -0.05) is 0 Å². The minimum Gasteiger partial charge on any atom is -0.480 e. The summed E-state index contributed by atoms with van der Waals surface area (Å²) in [6, 6.07) is 0. The van der Waals surface area contributed by atoms with E-state index >= 15 is 0 Å². The Morgan fingerprint density at radius 3 is 2.88 bits per heavy atom. The van der Waals surface area contributed by atoms with Gasteiger partial charge in [-0.15, -0.1) is 11.3 Å². The van der Waals surface area contributed by atoms with Crippen molar-refractivity contribution in [2.24, 2.45) is 0 Å². The fourth-order valence-corrected chi connectivity index (χ4v) is 3.15. The molecular formula is C8H10N2O4S2.